The summed E-state index contributed by atoms with van der Waals surface area (Å²) in [6.07, 6.45) is 0. The Balaban J connectivity index is 2.98. The van der Waals surface area contributed by atoms with E-state index in [4.69, 9.17) is 0 Å². The third-order valence-corrected chi connectivity index (χ3v) is 1.15. The lowest BCUT2D eigenvalue weighted by Gasteiger charge is -1.84. The van der Waals surface area contributed by atoms with Crippen LogP contribution in [0.3, 0.4) is 0 Å². The van der Waals surface area contributed by atoms with Crippen LogP contribution in [0.5, 0.6) is 0 Å². The number of aliphatic imine (C=N–C) groups is 1. The summed E-state index contributed by atoms with van der Waals surface area (Å²) in [5.41, 5.74) is 3.28. The molecule has 2 heteroatoms. The van der Waals surface area contributed by atoms with Crippen molar-refractivity contribution in [2.75, 3.05) is 0 Å². The fraction of sp³-hybridized carbons (Fsp3) is 0. The fourth-order valence-electron chi connectivity index (χ4n) is 0.618. The van der Waals surface area contributed by atoms with E-state index >= 15 is 0 Å². The van der Waals surface area contributed by atoms with Gasteiger partial charge in [0.15, 0.2) is 0 Å². The molecule has 0 fully saturated rings. The fourth-order valence-corrected chi connectivity index (χ4v) is 0.663. The molecule has 0 spiro atoms. The highest BCUT2D eigenvalue weighted by molar-refractivity contribution is 7.57. The standard InChI is InChI=1S/C9H5NS/c11-8-4-7-10-9-5-2-1-3-6-9/h1-3,5-6H/q+1. The zero-order valence-electron chi connectivity index (χ0n) is 5.74. The lowest BCUT2D eigenvalue weighted by atomic mass is 10.3. The predicted octanol–water partition coefficient (Wildman–Crippen LogP) is 1.65. The third-order valence-electron chi connectivity index (χ3n) is 1.05. The highest BCUT2D eigenvalue weighted by atomic mass is 32.1. The Morgan fingerprint density at radius 1 is 1.18 bits per heavy atom. The number of hydrogen-bond donors (Lipinski definition) is 0. The number of rotatable bonds is 1. The third kappa shape index (κ3) is 2.77. The molecule has 11 heavy (non-hydrogen) atoms. The van der Waals surface area contributed by atoms with Crippen molar-refractivity contribution >= 4 is 28.8 Å². The molecule has 0 amide bonds. The molecule has 1 rings (SSSR count). The Labute approximate surface area is 70.4 Å². The predicted molar refractivity (Wildman–Crippen MR) is 49.4 cm³/mol. The molecule has 0 aliphatic rings. The van der Waals surface area contributed by atoms with Crippen molar-refractivity contribution in [2.24, 2.45) is 4.99 Å². The van der Waals surface area contributed by atoms with E-state index in [1.54, 1.807) is 0 Å². The van der Waals surface area contributed by atoms with Crippen LogP contribution >= 0.6 is 0 Å². The molecule has 0 aliphatic heterocycles. The minimum atomic E-state index is 0.838. The van der Waals surface area contributed by atoms with Gasteiger partial charge in [-0.1, -0.05) is 18.2 Å². The molecule has 0 bridgehead atoms. The maximum Gasteiger partial charge on any atom is 0.610 e. The quantitative estimate of drug-likeness (QED) is 0.263. The van der Waals surface area contributed by atoms with Gasteiger partial charge in [-0.2, -0.15) is 4.99 Å². The van der Waals surface area contributed by atoms with Gasteiger partial charge in [0.2, 0.25) is 0 Å². The van der Waals surface area contributed by atoms with Gasteiger partial charge in [0.25, 0.3) is 0 Å². The molecule has 51 valence electrons. The van der Waals surface area contributed by atoms with Crippen molar-refractivity contribution < 1.29 is 0 Å². The zero-order valence-corrected chi connectivity index (χ0v) is 6.56. The topological polar surface area (TPSA) is 12.4 Å². The number of hydrogen-bond acceptors (Lipinski definition) is 2. The first-order valence-electron chi connectivity index (χ1n) is 3.06. The van der Waals surface area contributed by atoms with E-state index in [1.807, 2.05) is 30.3 Å². The molecule has 0 heterocycles. The second-order valence-electron chi connectivity index (χ2n) is 1.79. The lowest BCUT2D eigenvalue weighted by molar-refractivity contribution is 1.55. The molecule has 0 N–H and O–H groups in total. The van der Waals surface area contributed by atoms with Crippen molar-refractivity contribution in [1.82, 2.24) is 0 Å². The number of para-hydroxylation sites is 1. The molecule has 1 aromatic carbocycles. The Bertz CT molecular complexity index is 337. The van der Waals surface area contributed by atoms with Crippen LogP contribution in [0, 0.1) is 0 Å². The van der Waals surface area contributed by atoms with Gasteiger partial charge in [-0.05, 0) is 12.1 Å². The highest BCUT2D eigenvalue weighted by Crippen LogP contribution is 2.07. The molecule has 0 saturated carbocycles. The molecule has 1 radical (unpaired) electrons. The summed E-state index contributed by atoms with van der Waals surface area (Å²) in [5.74, 6) is 2.51. The lowest BCUT2D eigenvalue weighted by Crippen LogP contribution is -1.59. The normalized spacial score (nSPS) is 7.27. The number of thiocarbonyl (C=S) groups is 1. The minimum absolute atomic E-state index is 0.838. The summed E-state index contributed by atoms with van der Waals surface area (Å²) in [6, 6.07) is 9.48. The molecule has 0 unspecified atom stereocenters. The van der Waals surface area contributed by atoms with Gasteiger partial charge in [-0.3, -0.25) is 0 Å². The maximum absolute atomic E-state index is 4.38. The van der Waals surface area contributed by atoms with E-state index < -0.39 is 0 Å². The van der Waals surface area contributed by atoms with Crippen LogP contribution in [0.15, 0.2) is 41.1 Å². The van der Waals surface area contributed by atoms with Gasteiger partial charge >= 0.3 is 17.2 Å². The number of nitrogens with zero attached hydrogens (tertiary/aromatic N) is 1. The maximum atomic E-state index is 4.38. The summed E-state index contributed by atoms with van der Waals surface area (Å²) in [6.45, 7) is 0. The van der Waals surface area contributed by atoms with E-state index in [1.165, 1.54) is 0 Å². The first-order valence-corrected chi connectivity index (χ1v) is 3.47. The summed E-state index contributed by atoms with van der Waals surface area (Å²) in [4.78, 5) is 3.91. The van der Waals surface area contributed by atoms with Crippen LogP contribution in [0.2, 0.25) is 0 Å². The summed E-state index contributed by atoms with van der Waals surface area (Å²) < 4.78 is 0. The second-order valence-corrected chi connectivity index (χ2v) is 1.99. The van der Waals surface area contributed by atoms with E-state index in [0.717, 1.165) is 5.69 Å². The largest absolute Gasteiger partial charge is 0.610 e. The van der Waals surface area contributed by atoms with Gasteiger partial charge in [-0.15, -0.1) is 0 Å². The van der Waals surface area contributed by atoms with Crippen molar-refractivity contribution in [3.05, 3.63) is 36.1 Å². The van der Waals surface area contributed by atoms with Crippen LogP contribution in [0.1, 0.15) is 0 Å². The summed E-state index contributed by atoms with van der Waals surface area (Å²) in [7, 11) is 0. The zero-order chi connectivity index (χ0) is 7.94. The highest BCUT2D eigenvalue weighted by Gasteiger charge is 1.79. The van der Waals surface area contributed by atoms with Gasteiger partial charge in [0, 0.05) is 0 Å². The van der Waals surface area contributed by atoms with Crippen LogP contribution in [0.4, 0.5) is 5.69 Å². The van der Waals surface area contributed by atoms with Crippen molar-refractivity contribution in [3.8, 4) is 0 Å². The average Bonchev–Trinajstić information content (AvgIpc) is 2.07. The SMILES string of the molecule is [S+]=C=C=C=Nc1ccccc1. The Kier molecular flexibility index (Phi) is 3.08. The molecular weight excluding hydrogens is 154 g/mol. The van der Waals surface area contributed by atoms with Crippen LogP contribution in [-0.4, -0.2) is 10.9 Å². The Hall–Kier alpha value is -1.42. The number of benzene rings is 1. The average molecular weight is 159 g/mol. The van der Waals surface area contributed by atoms with E-state index in [9.17, 15) is 0 Å². The molecular formula is C9H5NS+. The smallest absolute Gasteiger partial charge is 0.197 e. The second kappa shape index (κ2) is 4.40. The van der Waals surface area contributed by atoms with Crippen molar-refractivity contribution in [2.45, 2.75) is 0 Å². The molecule has 0 aromatic heterocycles. The molecule has 1 aromatic rings. The molecule has 0 saturated heterocycles. The monoisotopic (exact) mass is 159 g/mol. The van der Waals surface area contributed by atoms with Crippen LogP contribution in [-0.2, 0) is 12.2 Å². The minimum Gasteiger partial charge on any atom is -0.197 e. The first-order chi connectivity index (χ1) is 5.43. The molecule has 1 nitrogen and oxygen atoms in total. The van der Waals surface area contributed by atoms with Crippen LogP contribution < -0.4 is 0 Å². The summed E-state index contributed by atoms with van der Waals surface area (Å²) >= 11 is 4.38. The van der Waals surface area contributed by atoms with Gasteiger partial charge in [0.1, 0.15) is 0 Å². The van der Waals surface area contributed by atoms with Gasteiger partial charge in [-0.25, -0.2) is 0 Å². The Morgan fingerprint density at radius 2 is 1.91 bits per heavy atom. The van der Waals surface area contributed by atoms with Gasteiger partial charge < -0.3 is 0 Å². The van der Waals surface area contributed by atoms with E-state index in [-0.39, 0.29) is 0 Å². The molecule has 0 aliphatic carbocycles. The van der Waals surface area contributed by atoms with Crippen LogP contribution in [0.25, 0.3) is 0 Å². The first kappa shape index (κ1) is 7.68. The van der Waals surface area contributed by atoms with E-state index in [0.29, 0.717) is 0 Å². The summed E-state index contributed by atoms with van der Waals surface area (Å²) in [5, 5.41) is 2.27. The van der Waals surface area contributed by atoms with E-state index in [2.05, 4.69) is 33.8 Å². The molecule has 0 atom stereocenters. The Morgan fingerprint density at radius 3 is 2.55 bits per heavy atom. The van der Waals surface area contributed by atoms with Crippen molar-refractivity contribution in [1.29, 1.82) is 0 Å². The van der Waals surface area contributed by atoms with Gasteiger partial charge in [0.05, 0.1) is 17.3 Å². The van der Waals surface area contributed by atoms with Crippen molar-refractivity contribution in [3.63, 3.8) is 0 Å².